The maximum Gasteiger partial charge on any atom is 0.326 e. The number of rotatable bonds is 4. The number of nitro groups is 1. The summed E-state index contributed by atoms with van der Waals surface area (Å²) in [7, 11) is 0. The summed E-state index contributed by atoms with van der Waals surface area (Å²) >= 11 is 12.1. The smallest absolute Gasteiger partial charge is 0.326 e. The van der Waals surface area contributed by atoms with E-state index < -0.39 is 22.8 Å². The quantitative estimate of drug-likeness (QED) is 0.624. The SMILES string of the molecule is O=C(O)C1CCCN1C(=O)c1ccn(-c2c(Cl)cc([N+](=O)[O-])cc2Cl)n1. The summed E-state index contributed by atoms with van der Waals surface area (Å²) in [5.41, 5.74) is -0.0496. The number of aromatic nitrogens is 2. The Balaban J connectivity index is 1.92. The Morgan fingerprint density at radius 1 is 1.31 bits per heavy atom. The number of aliphatic carboxylic acids is 1. The molecule has 1 N–H and O–H groups in total. The summed E-state index contributed by atoms with van der Waals surface area (Å²) in [6.45, 7) is 0.335. The number of carboxylic acids is 1. The van der Waals surface area contributed by atoms with Gasteiger partial charge in [0.25, 0.3) is 11.6 Å². The highest BCUT2D eigenvalue weighted by molar-refractivity contribution is 6.38. The average Bonchev–Trinajstić information content (AvgIpc) is 3.23. The molecule has 0 aliphatic carbocycles. The Morgan fingerprint density at radius 3 is 2.54 bits per heavy atom. The van der Waals surface area contributed by atoms with Crippen molar-refractivity contribution in [2.45, 2.75) is 18.9 Å². The second kappa shape index (κ2) is 6.93. The fourth-order valence-electron chi connectivity index (χ4n) is 2.85. The van der Waals surface area contributed by atoms with E-state index in [9.17, 15) is 24.8 Å². The molecule has 1 aliphatic heterocycles. The highest BCUT2D eigenvalue weighted by Gasteiger charge is 2.35. The normalized spacial score (nSPS) is 16.7. The maximum absolute atomic E-state index is 12.6. The monoisotopic (exact) mass is 398 g/mol. The number of benzene rings is 1. The number of amides is 1. The van der Waals surface area contributed by atoms with E-state index in [4.69, 9.17) is 23.2 Å². The number of hydrogen-bond acceptors (Lipinski definition) is 5. The molecule has 0 radical (unpaired) electrons. The summed E-state index contributed by atoms with van der Waals surface area (Å²) in [5.74, 6) is -1.57. The van der Waals surface area contributed by atoms with Crippen molar-refractivity contribution >= 4 is 40.8 Å². The van der Waals surface area contributed by atoms with Crippen LogP contribution in [0.4, 0.5) is 5.69 Å². The van der Waals surface area contributed by atoms with Crippen LogP contribution in [0.1, 0.15) is 23.3 Å². The van der Waals surface area contributed by atoms with Crippen LogP contribution in [0.15, 0.2) is 24.4 Å². The van der Waals surface area contributed by atoms with E-state index in [0.29, 0.717) is 19.4 Å². The second-order valence-corrected chi connectivity index (χ2v) is 6.47. The molecule has 136 valence electrons. The Hall–Kier alpha value is -2.65. The van der Waals surface area contributed by atoms with Gasteiger partial charge in [-0.15, -0.1) is 0 Å². The number of nitro benzene ring substituents is 1. The van der Waals surface area contributed by atoms with Crippen molar-refractivity contribution in [1.82, 2.24) is 14.7 Å². The lowest BCUT2D eigenvalue weighted by atomic mass is 10.2. The van der Waals surface area contributed by atoms with Gasteiger partial charge in [0, 0.05) is 24.9 Å². The van der Waals surface area contributed by atoms with Crippen molar-refractivity contribution in [1.29, 1.82) is 0 Å². The standard InChI is InChI=1S/C15H12Cl2N4O5/c16-9-6-8(21(25)26)7-10(17)13(9)20-5-3-11(18-20)14(22)19-4-1-2-12(19)15(23)24/h3,5-7,12H,1-2,4H2,(H,23,24). The van der Waals surface area contributed by atoms with Gasteiger partial charge in [-0.05, 0) is 18.9 Å². The largest absolute Gasteiger partial charge is 0.480 e. The van der Waals surface area contributed by atoms with Crippen molar-refractivity contribution in [2.24, 2.45) is 0 Å². The molecule has 9 nitrogen and oxygen atoms in total. The van der Waals surface area contributed by atoms with Gasteiger partial charge >= 0.3 is 5.97 Å². The molecule has 1 amide bonds. The molecule has 1 fully saturated rings. The molecule has 0 bridgehead atoms. The first-order valence-electron chi connectivity index (χ1n) is 7.53. The minimum atomic E-state index is -1.06. The van der Waals surface area contributed by atoms with Crippen LogP contribution < -0.4 is 0 Å². The minimum Gasteiger partial charge on any atom is -0.480 e. The van der Waals surface area contributed by atoms with Crippen LogP contribution in [0.2, 0.25) is 10.0 Å². The number of carbonyl (C=O) groups is 2. The van der Waals surface area contributed by atoms with Crippen LogP contribution in [0.25, 0.3) is 5.69 Å². The third-order valence-corrected chi connectivity index (χ3v) is 4.62. The molecule has 0 saturated carbocycles. The molecule has 1 saturated heterocycles. The van der Waals surface area contributed by atoms with Gasteiger partial charge in [-0.25, -0.2) is 9.48 Å². The van der Waals surface area contributed by atoms with Crippen molar-refractivity contribution in [3.8, 4) is 5.69 Å². The predicted molar refractivity (Wildman–Crippen MR) is 91.9 cm³/mol. The zero-order valence-electron chi connectivity index (χ0n) is 13.1. The Kier molecular flexibility index (Phi) is 4.84. The van der Waals surface area contributed by atoms with Crippen LogP contribution in [0, 0.1) is 10.1 Å². The molecule has 1 unspecified atom stereocenters. The van der Waals surface area contributed by atoms with Crippen molar-refractivity contribution in [3.63, 3.8) is 0 Å². The second-order valence-electron chi connectivity index (χ2n) is 5.66. The van der Waals surface area contributed by atoms with Gasteiger partial charge in [0.05, 0.1) is 15.0 Å². The summed E-state index contributed by atoms with van der Waals surface area (Å²) in [4.78, 5) is 35.3. The van der Waals surface area contributed by atoms with E-state index in [-0.39, 0.29) is 27.1 Å². The molecule has 1 aromatic carbocycles. The Bertz CT molecular complexity index is 890. The third kappa shape index (κ3) is 3.23. The molecule has 1 aliphatic rings. The van der Waals surface area contributed by atoms with Crippen LogP contribution in [-0.4, -0.2) is 49.2 Å². The number of carboxylic acid groups (broad SMARTS) is 1. The molecular formula is C15H12Cl2N4O5. The first-order valence-corrected chi connectivity index (χ1v) is 8.28. The van der Waals surface area contributed by atoms with Crippen LogP contribution >= 0.6 is 23.2 Å². The molecule has 2 heterocycles. The van der Waals surface area contributed by atoms with E-state index in [2.05, 4.69) is 5.10 Å². The molecule has 2 aromatic rings. The summed E-state index contributed by atoms with van der Waals surface area (Å²) in [6.07, 6.45) is 2.42. The van der Waals surface area contributed by atoms with Gasteiger partial charge < -0.3 is 10.0 Å². The fraction of sp³-hybridized carbons (Fsp3) is 0.267. The van der Waals surface area contributed by atoms with E-state index >= 15 is 0 Å². The molecular weight excluding hydrogens is 387 g/mol. The van der Waals surface area contributed by atoms with Gasteiger partial charge in [0.2, 0.25) is 0 Å². The topological polar surface area (TPSA) is 119 Å². The Morgan fingerprint density at radius 2 is 1.96 bits per heavy atom. The predicted octanol–water partition coefficient (Wildman–Crippen LogP) is 2.78. The fourth-order valence-corrected chi connectivity index (χ4v) is 3.50. The van der Waals surface area contributed by atoms with Crippen molar-refractivity contribution in [2.75, 3.05) is 6.54 Å². The lowest BCUT2D eigenvalue weighted by Crippen LogP contribution is -2.40. The van der Waals surface area contributed by atoms with Gasteiger partial charge in [-0.1, -0.05) is 23.2 Å². The molecule has 3 rings (SSSR count). The first kappa shape index (κ1) is 18.2. The van der Waals surface area contributed by atoms with Crippen LogP contribution in [-0.2, 0) is 4.79 Å². The maximum atomic E-state index is 12.6. The number of likely N-dealkylation sites (tertiary alicyclic amines) is 1. The Labute approximate surface area is 156 Å². The number of nitrogens with zero attached hydrogens (tertiary/aromatic N) is 4. The average molecular weight is 399 g/mol. The molecule has 1 aromatic heterocycles. The molecule has 1 atom stereocenters. The number of hydrogen-bond donors (Lipinski definition) is 1. The van der Waals surface area contributed by atoms with E-state index in [1.165, 1.54) is 21.8 Å². The van der Waals surface area contributed by atoms with Crippen LogP contribution in [0.3, 0.4) is 0 Å². The zero-order valence-corrected chi connectivity index (χ0v) is 14.6. The lowest BCUT2D eigenvalue weighted by Gasteiger charge is -2.20. The molecule has 11 heteroatoms. The summed E-state index contributed by atoms with van der Waals surface area (Å²) in [5, 5.41) is 24.1. The minimum absolute atomic E-state index is 0.00381. The van der Waals surface area contributed by atoms with E-state index in [1.54, 1.807) is 0 Å². The van der Waals surface area contributed by atoms with Crippen molar-refractivity contribution in [3.05, 3.63) is 50.2 Å². The van der Waals surface area contributed by atoms with E-state index in [1.807, 2.05) is 0 Å². The molecule has 26 heavy (non-hydrogen) atoms. The van der Waals surface area contributed by atoms with Gasteiger partial charge in [0.1, 0.15) is 11.7 Å². The summed E-state index contributed by atoms with van der Waals surface area (Å²) in [6, 6.07) is 2.80. The lowest BCUT2D eigenvalue weighted by molar-refractivity contribution is -0.384. The number of halogens is 2. The first-order chi connectivity index (χ1) is 12.3. The summed E-state index contributed by atoms with van der Waals surface area (Å²) < 4.78 is 1.23. The van der Waals surface area contributed by atoms with Gasteiger partial charge in [0.15, 0.2) is 5.69 Å². The zero-order chi connectivity index (χ0) is 19.0. The molecule has 0 spiro atoms. The number of non-ortho nitro benzene ring substituents is 1. The van der Waals surface area contributed by atoms with Crippen molar-refractivity contribution < 1.29 is 19.6 Å². The van der Waals surface area contributed by atoms with E-state index in [0.717, 1.165) is 12.1 Å². The van der Waals surface area contributed by atoms with Gasteiger partial charge in [-0.2, -0.15) is 5.10 Å². The third-order valence-electron chi connectivity index (χ3n) is 4.05. The highest BCUT2D eigenvalue weighted by Crippen LogP contribution is 2.33. The number of carbonyl (C=O) groups excluding carboxylic acids is 1. The van der Waals surface area contributed by atoms with Gasteiger partial charge in [-0.3, -0.25) is 14.9 Å². The highest BCUT2D eigenvalue weighted by atomic mass is 35.5. The van der Waals surface area contributed by atoms with Crippen LogP contribution in [0.5, 0.6) is 0 Å².